The normalized spacial score (nSPS) is 24.1. The van der Waals surface area contributed by atoms with Gasteiger partial charge in [0.2, 0.25) is 0 Å². The van der Waals surface area contributed by atoms with E-state index in [1.807, 2.05) is 10.9 Å². The number of rotatable bonds is 4. The molecule has 25 heavy (non-hydrogen) atoms. The Hall–Kier alpha value is -1.36. The van der Waals surface area contributed by atoms with Crippen molar-refractivity contribution in [2.24, 2.45) is 5.41 Å². The van der Waals surface area contributed by atoms with Gasteiger partial charge in [-0.05, 0) is 50.6 Å². The summed E-state index contributed by atoms with van der Waals surface area (Å²) >= 11 is 0. The molecule has 1 saturated carbocycles. The minimum Gasteiger partial charge on any atom is -0.338 e. The maximum atomic E-state index is 12.9. The fraction of sp³-hybridized carbons (Fsp3) is 0.800. The van der Waals surface area contributed by atoms with Gasteiger partial charge in [-0.1, -0.05) is 25.7 Å². The third-order valence-electron chi connectivity index (χ3n) is 6.61. The Morgan fingerprint density at radius 2 is 1.72 bits per heavy atom. The number of nitrogens with zero attached hydrogens (tertiary/aromatic N) is 4. The SMILES string of the molecule is O=C(c1cnn(CCN2CCCCC2)c1)N1CCC2(CCCCC2)C1. The molecule has 0 N–H and O–H groups in total. The third-order valence-corrected chi connectivity index (χ3v) is 6.61. The van der Waals surface area contributed by atoms with Gasteiger partial charge in [0.1, 0.15) is 0 Å². The summed E-state index contributed by atoms with van der Waals surface area (Å²) in [7, 11) is 0. The van der Waals surface area contributed by atoms with Gasteiger partial charge in [0.25, 0.3) is 5.91 Å². The molecule has 1 spiro atoms. The van der Waals surface area contributed by atoms with E-state index in [0.29, 0.717) is 5.41 Å². The van der Waals surface area contributed by atoms with Crippen molar-refractivity contribution in [2.45, 2.75) is 64.3 Å². The van der Waals surface area contributed by atoms with Crippen LogP contribution in [0.2, 0.25) is 0 Å². The standard InChI is InChI=1S/C20H32N4O/c25-19(23-12-9-20(17-23)7-3-1-4-8-20)18-15-21-24(16-18)14-13-22-10-5-2-6-11-22/h15-16H,1-14,17H2. The van der Waals surface area contributed by atoms with E-state index in [4.69, 9.17) is 0 Å². The Kier molecular flexibility index (Phi) is 5.11. The second-order valence-electron chi connectivity index (χ2n) is 8.43. The maximum Gasteiger partial charge on any atom is 0.257 e. The second-order valence-corrected chi connectivity index (χ2v) is 8.43. The van der Waals surface area contributed by atoms with E-state index in [-0.39, 0.29) is 5.91 Å². The van der Waals surface area contributed by atoms with Crippen LogP contribution in [-0.2, 0) is 6.54 Å². The number of carbonyl (C=O) groups excluding carboxylic acids is 1. The van der Waals surface area contributed by atoms with E-state index in [2.05, 4.69) is 14.9 Å². The van der Waals surface area contributed by atoms with Crippen molar-refractivity contribution in [3.8, 4) is 0 Å². The Balaban J connectivity index is 1.31. The third kappa shape index (κ3) is 3.91. The van der Waals surface area contributed by atoms with Crippen molar-refractivity contribution >= 4 is 5.91 Å². The Morgan fingerprint density at radius 1 is 0.960 bits per heavy atom. The molecule has 5 nitrogen and oxygen atoms in total. The maximum absolute atomic E-state index is 12.9. The van der Waals surface area contributed by atoms with Gasteiger partial charge in [-0.2, -0.15) is 5.10 Å². The first kappa shape index (κ1) is 17.1. The molecular formula is C20H32N4O. The van der Waals surface area contributed by atoms with E-state index >= 15 is 0 Å². The summed E-state index contributed by atoms with van der Waals surface area (Å²) in [6.45, 7) is 6.24. The predicted octanol–water partition coefficient (Wildman–Crippen LogP) is 3.17. The average Bonchev–Trinajstić information content (AvgIpc) is 3.29. The molecule has 3 heterocycles. The van der Waals surface area contributed by atoms with E-state index in [1.54, 1.807) is 6.20 Å². The summed E-state index contributed by atoms with van der Waals surface area (Å²) in [5, 5.41) is 4.44. The average molecular weight is 345 g/mol. The smallest absolute Gasteiger partial charge is 0.257 e. The second kappa shape index (κ2) is 7.48. The summed E-state index contributed by atoms with van der Waals surface area (Å²) in [4.78, 5) is 17.4. The predicted molar refractivity (Wildman–Crippen MR) is 98.6 cm³/mol. The molecule has 3 aliphatic rings. The van der Waals surface area contributed by atoms with E-state index in [1.165, 1.54) is 70.9 Å². The van der Waals surface area contributed by atoms with Crippen LogP contribution in [0, 0.1) is 5.41 Å². The van der Waals surface area contributed by atoms with Gasteiger partial charge in [-0.15, -0.1) is 0 Å². The molecule has 0 radical (unpaired) electrons. The molecule has 138 valence electrons. The number of aromatic nitrogens is 2. The number of amides is 1. The first-order valence-electron chi connectivity index (χ1n) is 10.3. The van der Waals surface area contributed by atoms with Crippen LogP contribution in [0.5, 0.6) is 0 Å². The zero-order chi connectivity index (χ0) is 17.1. The van der Waals surface area contributed by atoms with Gasteiger partial charge >= 0.3 is 0 Å². The molecule has 2 aliphatic heterocycles. The summed E-state index contributed by atoms with van der Waals surface area (Å²) in [5.41, 5.74) is 1.20. The fourth-order valence-electron chi connectivity index (χ4n) is 5.02. The molecule has 2 saturated heterocycles. The van der Waals surface area contributed by atoms with Gasteiger partial charge in [-0.25, -0.2) is 0 Å². The van der Waals surface area contributed by atoms with Crippen LogP contribution >= 0.6 is 0 Å². The topological polar surface area (TPSA) is 41.4 Å². The molecule has 1 aliphatic carbocycles. The number of hydrogen-bond donors (Lipinski definition) is 0. The Morgan fingerprint density at radius 3 is 2.52 bits per heavy atom. The highest BCUT2D eigenvalue weighted by Crippen LogP contribution is 2.43. The summed E-state index contributed by atoms with van der Waals surface area (Å²) in [6, 6.07) is 0. The van der Waals surface area contributed by atoms with Crippen LogP contribution in [0.15, 0.2) is 12.4 Å². The molecule has 0 aromatic carbocycles. The van der Waals surface area contributed by atoms with E-state index in [0.717, 1.165) is 31.7 Å². The quantitative estimate of drug-likeness (QED) is 0.842. The van der Waals surface area contributed by atoms with Crippen molar-refractivity contribution in [1.82, 2.24) is 19.6 Å². The highest BCUT2D eigenvalue weighted by Gasteiger charge is 2.40. The van der Waals surface area contributed by atoms with Crippen molar-refractivity contribution in [2.75, 3.05) is 32.7 Å². The van der Waals surface area contributed by atoms with Gasteiger partial charge in [0.15, 0.2) is 0 Å². The zero-order valence-corrected chi connectivity index (χ0v) is 15.5. The lowest BCUT2D eigenvalue weighted by Gasteiger charge is -2.33. The van der Waals surface area contributed by atoms with Gasteiger partial charge < -0.3 is 9.80 Å². The van der Waals surface area contributed by atoms with Crippen LogP contribution in [0.4, 0.5) is 0 Å². The fourth-order valence-corrected chi connectivity index (χ4v) is 5.02. The highest BCUT2D eigenvalue weighted by molar-refractivity contribution is 5.94. The number of carbonyl (C=O) groups is 1. The Bertz CT molecular complexity index is 584. The molecule has 3 fully saturated rings. The van der Waals surface area contributed by atoms with Crippen molar-refractivity contribution < 1.29 is 4.79 Å². The monoisotopic (exact) mass is 344 g/mol. The number of piperidine rings is 1. The Labute approximate surface area is 151 Å². The molecule has 1 aromatic heterocycles. The first-order chi connectivity index (χ1) is 12.2. The molecule has 1 aromatic rings. The summed E-state index contributed by atoms with van der Waals surface area (Å²) in [6.07, 6.45) is 15.6. The van der Waals surface area contributed by atoms with Gasteiger partial charge in [-0.3, -0.25) is 9.48 Å². The largest absolute Gasteiger partial charge is 0.338 e. The number of hydrogen-bond acceptors (Lipinski definition) is 3. The van der Waals surface area contributed by atoms with Crippen LogP contribution in [0.25, 0.3) is 0 Å². The van der Waals surface area contributed by atoms with Crippen molar-refractivity contribution in [3.05, 3.63) is 18.0 Å². The molecule has 0 unspecified atom stereocenters. The first-order valence-corrected chi connectivity index (χ1v) is 10.3. The van der Waals surface area contributed by atoms with Crippen LogP contribution in [0.3, 0.4) is 0 Å². The molecule has 4 rings (SSSR count). The summed E-state index contributed by atoms with van der Waals surface area (Å²) in [5.74, 6) is 0.187. The van der Waals surface area contributed by atoms with Gasteiger partial charge in [0, 0.05) is 25.8 Å². The van der Waals surface area contributed by atoms with Crippen LogP contribution in [0.1, 0.15) is 68.1 Å². The van der Waals surface area contributed by atoms with Crippen LogP contribution in [-0.4, -0.2) is 58.2 Å². The molecule has 0 bridgehead atoms. The number of likely N-dealkylation sites (tertiary alicyclic amines) is 2. The molecular weight excluding hydrogens is 312 g/mol. The zero-order valence-electron chi connectivity index (χ0n) is 15.5. The van der Waals surface area contributed by atoms with Crippen molar-refractivity contribution in [1.29, 1.82) is 0 Å². The summed E-state index contributed by atoms with van der Waals surface area (Å²) < 4.78 is 1.95. The van der Waals surface area contributed by atoms with E-state index in [9.17, 15) is 4.79 Å². The molecule has 5 heteroatoms. The van der Waals surface area contributed by atoms with E-state index < -0.39 is 0 Å². The lowest BCUT2D eigenvalue weighted by Crippen LogP contribution is -2.33. The lowest BCUT2D eigenvalue weighted by molar-refractivity contribution is 0.0759. The highest BCUT2D eigenvalue weighted by atomic mass is 16.2. The van der Waals surface area contributed by atoms with Gasteiger partial charge in [0.05, 0.1) is 18.3 Å². The minimum absolute atomic E-state index is 0.187. The minimum atomic E-state index is 0.187. The molecule has 0 atom stereocenters. The molecule has 1 amide bonds. The lowest BCUT2D eigenvalue weighted by atomic mass is 9.73. The van der Waals surface area contributed by atoms with Crippen molar-refractivity contribution in [3.63, 3.8) is 0 Å². The van der Waals surface area contributed by atoms with Crippen LogP contribution < -0.4 is 0 Å².